The SMILES string of the molecule is COc1ccc2c(c1)Nc1ccccc1-c1ccccc1N(c1ccccc1)c1ccccc1-2. The predicted octanol–water partition coefficient (Wildman–Crippen LogP) is 8.56. The molecule has 5 aromatic carbocycles. The van der Waals surface area contributed by atoms with Crippen LogP contribution in [-0.4, -0.2) is 7.11 Å². The molecule has 3 nitrogen and oxygen atoms in total. The fraction of sp³-hybridized carbons (Fsp3) is 0.0323. The number of nitrogens with one attached hydrogen (secondary N) is 1. The molecule has 1 aliphatic rings. The summed E-state index contributed by atoms with van der Waals surface area (Å²) in [5, 5.41) is 3.72. The third-order valence-electron chi connectivity index (χ3n) is 6.31. The van der Waals surface area contributed by atoms with Gasteiger partial charge in [0.15, 0.2) is 0 Å². The van der Waals surface area contributed by atoms with Gasteiger partial charge < -0.3 is 15.0 Å². The fourth-order valence-corrected chi connectivity index (χ4v) is 4.74. The molecule has 0 atom stereocenters. The zero-order chi connectivity index (χ0) is 22.9. The monoisotopic (exact) mass is 440 g/mol. The van der Waals surface area contributed by atoms with E-state index in [1.54, 1.807) is 7.11 Å². The molecule has 0 fully saturated rings. The maximum Gasteiger partial charge on any atom is 0.120 e. The molecule has 0 unspecified atom stereocenters. The van der Waals surface area contributed by atoms with E-state index in [-0.39, 0.29) is 0 Å². The van der Waals surface area contributed by atoms with Crippen molar-refractivity contribution in [1.82, 2.24) is 0 Å². The molecular formula is C31H24N2O. The van der Waals surface area contributed by atoms with Crippen molar-refractivity contribution in [1.29, 1.82) is 0 Å². The highest BCUT2D eigenvalue weighted by Crippen LogP contribution is 2.48. The first kappa shape index (κ1) is 20.1. The van der Waals surface area contributed by atoms with Crippen LogP contribution in [0.1, 0.15) is 0 Å². The second kappa shape index (κ2) is 8.45. The summed E-state index contributed by atoms with van der Waals surface area (Å²) in [4.78, 5) is 2.36. The number of nitrogens with zero attached hydrogens (tertiary/aromatic N) is 1. The largest absolute Gasteiger partial charge is 0.497 e. The average Bonchev–Trinajstić information content (AvgIpc) is 2.90. The number of hydrogen-bond donors (Lipinski definition) is 1. The van der Waals surface area contributed by atoms with Crippen molar-refractivity contribution < 1.29 is 4.74 Å². The number of hydrogen-bond acceptors (Lipinski definition) is 3. The summed E-state index contributed by atoms with van der Waals surface area (Å²) in [5.74, 6) is 0.818. The van der Waals surface area contributed by atoms with E-state index in [1.165, 1.54) is 0 Å². The van der Waals surface area contributed by atoms with E-state index in [0.717, 1.165) is 56.4 Å². The van der Waals surface area contributed by atoms with Gasteiger partial charge in [-0.25, -0.2) is 0 Å². The molecule has 3 heteroatoms. The molecule has 34 heavy (non-hydrogen) atoms. The van der Waals surface area contributed by atoms with Crippen LogP contribution in [-0.2, 0) is 0 Å². The van der Waals surface area contributed by atoms with Gasteiger partial charge in [0, 0.05) is 39.7 Å². The molecule has 0 saturated heterocycles. The van der Waals surface area contributed by atoms with Gasteiger partial charge in [0.1, 0.15) is 5.75 Å². The van der Waals surface area contributed by atoms with Crippen molar-refractivity contribution >= 4 is 28.4 Å². The normalized spacial score (nSPS) is 11.9. The minimum Gasteiger partial charge on any atom is -0.497 e. The Morgan fingerprint density at radius 1 is 0.529 bits per heavy atom. The molecule has 1 N–H and O–H groups in total. The Morgan fingerprint density at radius 3 is 1.76 bits per heavy atom. The summed E-state index contributed by atoms with van der Waals surface area (Å²) in [6.45, 7) is 0. The molecule has 5 aromatic rings. The zero-order valence-electron chi connectivity index (χ0n) is 18.9. The van der Waals surface area contributed by atoms with Crippen LogP contribution in [0.3, 0.4) is 0 Å². The molecule has 1 heterocycles. The Kier molecular flexibility index (Phi) is 5.00. The summed E-state index contributed by atoms with van der Waals surface area (Å²) in [7, 11) is 1.71. The van der Waals surface area contributed by atoms with Gasteiger partial charge in [-0.2, -0.15) is 0 Å². The molecule has 0 radical (unpaired) electrons. The number of rotatable bonds is 2. The molecule has 0 aliphatic carbocycles. The lowest BCUT2D eigenvalue weighted by molar-refractivity contribution is 0.415. The molecule has 0 amide bonds. The molecule has 0 aromatic heterocycles. The third-order valence-corrected chi connectivity index (χ3v) is 6.31. The highest BCUT2D eigenvalue weighted by atomic mass is 16.5. The minimum atomic E-state index is 0.818. The summed E-state index contributed by atoms with van der Waals surface area (Å²) in [6, 6.07) is 42.5. The first-order chi connectivity index (χ1) is 16.8. The smallest absolute Gasteiger partial charge is 0.120 e. The Morgan fingerprint density at radius 2 is 1.09 bits per heavy atom. The van der Waals surface area contributed by atoms with E-state index in [9.17, 15) is 0 Å². The van der Waals surface area contributed by atoms with Crippen molar-refractivity contribution in [3.8, 4) is 28.0 Å². The number of ether oxygens (including phenoxy) is 1. The number of benzene rings is 5. The second-order valence-electron chi connectivity index (χ2n) is 8.29. The summed E-state index contributed by atoms with van der Waals surface area (Å²) in [5.41, 5.74) is 9.99. The lowest BCUT2D eigenvalue weighted by Gasteiger charge is -2.31. The Bertz CT molecular complexity index is 1480. The van der Waals surface area contributed by atoms with Crippen LogP contribution in [0.15, 0.2) is 121 Å². The van der Waals surface area contributed by atoms with Gasteiger partial charge in [0.2, 0.25) is 0 Å². The highest BCUT2D eigenvalue weighted by Gasteiger charge is 2.23. The van der Waals surface area contributed by atoms with E-state index < -0.39 is 0 Å². The second-order valence-corrected chi connectivity index (χ2v) is 8.29. The van der Waals surface area contributed by atoms with E-state index in [1.807, 2.05) is 6.07 Å². The topological polar surface area (TPSA) is 24.5 Å². The van der Waals surface area contributed by atoms with E-state index in [2.05, 4.69) is 125 Å². The molecule has 0 spiro atoms. The predicted molar refractivity (Wildman–Crippen MR) is 142 cm³/mol. The molecule has 0 bridgehead atoms. The quantitative estimate of drug-likeness (QED) is 0.292. The van der Waals surface area contributed by atoms with Crippen LogP contribution in [0, 0.1) is 0 Å². The maximum absolute atomic E-state index is 5.58. The lowest BCUT2D eigenvalue weighted by atomic mass is 9.95. The van der Waals surface area contributed by atoms with Gasteiger partial charge in [0.25, 0.3) is 0 Å². The van der Waals surface area contributed by atoms with Gasteiger partial charge in [-0.1, -0.05) is 72.8 Å². The van der Waals surface area contributed by atoms with Crippen molar-refractivity contribution in [3.05, 3.63) is 121 Å². The Labute approximate surface area is 199 Å². The van der Waals surface area contributed by atoms with Gasteiger partial charge in [0.05, 0.1) is 24.2 Å². The standard InChI is InChI=1S/C31H24N2O/c1-34-23-19-20-25-27-15-7-10-18-31(27)33(22-11-3-2-4-12-22)30-17-9-6-14-26(30)24-13-5-8-16-28(24)32-29(25)21-23/h2-21,32H,1H3. The first-order valence-electron chi connectivity index (χ1n) is 11.4. The molecule has 164 valence electrons. The fourth-order valence-electron chi connectivity index (χ4n) is 4.74. The summed E-state index contributed by atoms with van der Waals surface area (Å²) >= 11 is 0. The number of methoxy groups -OCH3 is 1. The number of para-hydroxylation sites is 4. The number of anilines is 5. The van der Waals surface area contributed by atoms with Crippen LogP contribution in [0.2, 0.25) is 0 Å². The van der Waals surface area contributed by atoms with Crippen molar-refractivity contribution in [2.45, 2.75) is 0 Å². The average molecular weight is 441 g/mol. The molecule has 0 saturated carbocycles. The van der Waals surface area contributed by atoms with Gasteiger partial charge >= 0.3 is 0 Å². The van der Waals surface area contributed by atoms with E-state index in [0.29, 0.717) is 0 Å². The molecule has 6 rings (SSSR count). The molecular weight excluding hydrogens is 416 g/mol. The minimum absolute atomic E-state index is 0.818. The highest BCUT2D eigenvalue weighted by molar-refractivity contribution is 6.00. The molecule has 1 aliphatic heterocycles. The van der Waals surface area contributed by atoms with Gasteiger partial charge in [-0.05, 0) is 42.5 Å². The van der Waals surface area contributed by atoms with Crippen LogP contribution in [0.5, 0.6) is 5.75 Å². The van der Waals surface area contributed by atoms with Crippen molar-refractivity contribution in [2.75, 3.05) is 17.3 Å². The van der Waals surface area contributed by atoms with Crippen molar-refractivity contribution in [2.24, 2.45) is 0 Å². The maximum atomic E-state index is 5.58. The van der Waals surface area contributed by atoms with Crippen LogP contribution in [0.4, 0.5) is 28.4 Å². The van der Waals surface area contributed by atoms with Crippen molar-refractivity contribution in [3.63, 3.8) is 0 Å². The van der Waals surface area contributed by atoms with Crippen LogP contribution in [0.25, 0.3) is 22.3 Å². The zero-order valence-corrected chi connectivity index (χ0v) is 18.9. The van der Waals surface area contributed by atoms with Gasteiger partial charge in [-0.15, -0.1) is 0 Å². The summed E-state index contributed by atoms with van der Waals surface area (Å²) < 4.78 is 5.58. The van der Waals surface area contributed by atoms with E-state index in [4.69, 9.17) is 4.74 Å². The Balaban J connectivity index is 1.74. The third kappa shape index (κ3) is 3.39. The first-order valence-corrected chi connectivity index (χ1v) is 11.4. The van der Waals surface area contributed by atoms with Gasteiger partial charge in [-0.3, -0.25) is 0 Å². The number of fused-ring (bicyclic) bond motifs is 6. The van der Waals surface area contributed by atoms with Crippen LogP contribution >= 0.6 is 0 Å². The summed E-state index contributed by atoms with van der Waals surface area (Å²) in [6.07, 6.45) is 0. The lowest BCUT2D eigenvalue weighted by Crippen LogP contribution is -2.13. The van der Waals surface area contributed by atoms with Crippen LogP contribution < -0.4 is 15.0 Å². The Hall–Kier alpha value is -4.50. The van der Waals surface area contributed by atoms with E-state index >= 15 is 0 Å².